The number of fused-ring (bicyclic) bond motifs is 3. The molecule has 0 bridgehead atoms. The van der Waals surface area contributed by atoms with Crippen molar-refractivity contribution in [3.05, 3.63) is 41.2 Å². The Kier molecular flexibility index (Phi) is 3.43. The van der Waals surface area contributed by atoms with Crippen LogP contribution in [0.1, 0.15) is 26.4 Å². The largest absolute Gasteiger partial charge is 0.497 e. The molecule has 0 N–H and O–H groups in total. The zero-order valence-electron chi connectivity index (χ0n) is 14.7. The normalized spacial score (nSPS) is 13.5. The smallest absolute Gasteiger partial charge is 0.267 e. The summed E-state index contributed by atoms with van der Waals surface area (Å²) in [6, 6.07) is 4.92. The lowest BCUT2D eigenvalue weighted by Gasteiger charge is -2.18. The summed E-state index contributed by atoms with van der Waals surface area (Å²) >= 11 is 0. The molecule has 0 saturated heterocycles. The van der Waals surface area contributed by atoms with E-state index < -0.39 is 11.8 Å². The molecule has 2 aromatic heterocycles. The number of methoxy groups -OCH3 is 2. The van der Waals surface area contributed by atoms with E-state index in [-0.39, 0.29) is 5.56 Å². The van der Waals surface area contributed by atoms with Gasteiger partial charge in [0.05, 0.1) is 42.1 Å². The lowest BCUT2D eigenvalue weighted by atomic mass is 10.1. The van der Waals surface area contributed by atoms with Crippen LogP contribution < -0.4 is 14.4 Å². The molecule has 8 nitrogen and oxygen atoms in total. The van der Waals surface area contributed by atoms with E-state index in [1.165, 1.54) is 20.4 Å². The van der Waals surface area contributed by atoms with Gasteiger partial charge in [-0.25, -0.2) is 9.88 Å². The average Bonchev–Trinajstić information content (AvgIpc) is 3.08. The van der Waals surface area contributed by atoms with Crippen LogP contribution in [-0.2, 0) is 7.05 Å². The van der Waals surface area contributed by atoms with Gasteiger partial charge in [0.15, 0.2) is 5.65 Å². The quantitative estimate of drug-likeness (QED) is 0.671. The number of anilines is 1. The van der Waals surface area contributed by atoms with Crippen molar-refractivity contribution in [1.29, 1.82) is 0 Å². The van der Waals surface area contributed by atoms with Crippen LogP contribution in [0, 0.1) is 6.92 Å². The van der Waals surface area contributed by atoms with Crippen molar-refractivity contribution in [1.82, 2.24) is 14.8 Å². The van der Waals surface area contributed by atoms with E-state index in [1.54, 1.807) is 36.9 Å². The summed E-state index contributed by atoms with van der Waals surface area (Å²) in [4.78, 5) is 31.5. The van der Waals surface area contributed by atoms with E-state index in [1.807, 2.05) is 0 Å². The molecule has 0 aliphatic carbocycles. The van der Waals surface area contributed by atoms with Crippen molar-refractivity contribution in [3.63, 3.8) is 0 Å². The number of rotatable bonds is 3. The van der Waals surface area contributed by atoms with E-state index in [4.69, 9.17) is 9.47 Å². The number of pyridine rings is 1. The average molecular weight is 352 g/mol. The highest BCUT2D eigenvalue weighted by Gasteiger charge is 2.41. The predicted molar refractivity (Wildman–Crippen MR) is 93.9 cm³/mol. The topological polar surface area (TPSA) is 86.5 Å². The van der Waals surface area contributed by atoms with Crippen LogP contribution in [0.5, 0.6) is 11.5 Å². The van der Waals surface area contributed by atoms with Crippen LogP contribution in [0.3, 0.4) is 0 Å². The number of carbonyl (C=O) groups excluding carboxylic acids is 2. The predicted octanol–water partition coefficient (Wildman–Crippen LogP) is 2.09. The molecule has 2 amide bonds. The number of imide groups is 1. The monoisotopic (exact) mass is 352 g/mol. The van der Waals surface area contributed by atoms with Gasteiger partial charge in [0.25, 0.3) is 11.8 Å². The number of nitrogens with zero attached hydrogens (tertiary/aromatic N) is 4. The molecule has 132 valence electrons. The van der Waals surface area contributed by atoms with Gasteiger partial charge in [-0.05, 0) is 19.1 Å². The van der Waals surface area contributed by atoms with Crippen molar-refractivity contribution in [2.45, 2.75) is 6.92 Å². The number of benzene rings is 1. The van der Waals surface area contributed by atoms with Crippen LogP contribution in [-0.4, -0.2) is 40.8 Å². The first-order valence-corrected chi connectivity index (χ1v) is 7.91. The molecular weight excluding hydrogens is 336 g/mol. The number of hydrogen-bond donors (Lipinski definition) is 0. The molecule has 1 aliphatic rings. The van der Waals surface area contributed by atoms with Crippen molar-refractivity contribution in [3.8, 4) is 11.5 Å². The van der Waals surface area contributed by atoms with Gasteiger partial charge in [-0.1, -0.05) is 0 Å². The van der Waals surface area contributed by atoms with Gasteiger partial charge >= 0.3 is 0 Å². The Balaban J connectivity index is 1.93. The van der Waals surface area contributed by atoms with Gasteiger partial charge in [0, 0.05) is 19.3 Å². The third-order valence-electron chi connectivity index (χ3n) is 4.51. The number of hydrogen-bond acceptors (Lipinski definition) is 6. The molecule has 0 unspecified atom stereocenters. The Bertz CT molecular complexity index is 1090. The molecule has 0 radical (unpaired) electrons. The minimum absolute atomic E-state index is 0.261. The highest BCUT2D eigenvalue weighted by molar-refractivity contribution is 6.37. The summed E-state index contributed by atoms with van der Waals surface area (Å²) in [5.74, 6) is 0.0726. The molecule has 0 fully saturated rings. The number of carbonyl (C=O) groups is 2. The van der Waals surface area contributed by atoms with E-state index in [2.05, 4.69) is 10.1 Å². The van der Waals surface area contributed by atoms with Crippen molar-refractivity contribution >= 4 is 28.5 Å². The van der Waals surface area contributed by atoms with E-state index in [0.717, 1.165) is 4.90 Å². The lowest BCUT2D eigenvalue weighted by molar-refractivity contribution is 0.0925. The van der Waals surface area contributed by atoms with E-state index >= 15 is 0 Å². The van der Waals surface area contributed by atoms with Gasteiger partial charge in [0.2, 0.25) is 0 Å². The van der Waals surface area contributed by atoms with Crippen LogP contribution in [0.4, 0.5) is 5.69 Å². The molecule has 26 heavy (non-hydrogen) atoms. The summed E-state index contributed by atoms with van der Waals surface area (Å²) < 4.78 is 12.1. The Morgan fingerprint density at radius 3 is 2.54 bits per heavy atom. The number of aryl methyl sites for hydroxylation is 2. The third kappa shape index (κ3) is 2.01. The second-order valence-corrected chi connectivity index (χ2v) is 5.94. The summed E-state index contributed by atoms with van der Waals surface area (Å²) in [5.41, 5.74) is 2.15. The highest BCUT2D eigenvalue weighted by atomic mass is 16.5. The maximum Gasteiger partial charge on any atom is 0.267 e. The molecule has 1 aromatic carbocycles. The second-order valence-electron chi connectivity index (χ2n) is 5.94. The van der Waals surface area contributed by atoms with Crippen LogP contribution in [0.25, 0.3) is 11.0 Å². The SMILES string of the molecule is COc1ccc(N2C(=O)c3cnc4c(c(C)nn4C)c3C2=O)c(OC)c1. The van der Waals surface area contributed by atoms with Crippen LogP contribution in [0.15, 0.2) is 24.4 Å². The Hall–Kier alpha value is -3.42. The molecule has 3 heterocycles. The van der Waals surface area contributed by atoms with E-state index in [0.29, 0.717) is 39.5 Å². The molecule has 0 spiro atoms. The molecule has 4 rings (SSSR count). The fraction of sp³-hybridized carbons (Fsp3) is 0.222. The maximum absolute atomic E-state index is 13.2. The Morgan fingerprint density at radius 1 is 1.08 bits per heavy atom. The van der Waals surface area contributed by atoms with Gasteiger partial charge in [-0.2, -0.15) is 5.10 Å². The minimum atomic E-state index is -0.439. The highest BCUT2D eigenvalue weighted by Crippen LogP contribution is 2.39. The standard InChI is InChI=1S/C18H16N4O4/c1-9-14-15-11(8-19-16(14)21(2)20-9)17(23)22(18(15)24)12-6-5-10(25-3)7-13(12)26-4/h5-8H,1-4H3. The Morgan fingerprint density at radius 2 is 1.85 bits per heavy atom. The van der Waals surface area contributed by atoms with Crippen molar-refractivity contribution < 1.29 is 19.1 Å². The first-order chi connectivity index (χ1) is 12.5. The molecular formula is C18H16N4O4. The summed E-state index contributed by atoms with van der Waals surface area (Å²) in [6.45, 7) is 1.79. The van der Waals surface area contributed by atoms with Gasteiger partial charge in [0.1, 0.15) is 11.5 Å². The fourth-order valence-electron chi connectivity index (χ4n) is 3.31. The minimum Gasteiger partial charge on any atom is -0.497 e. The molecule has 8 heteroatoms. The summed E-state index contributed by atoms with van der Waals surface area (Å²) in [6.07, 6.45) is 1.43. The van der Waals surface area contributed by atoms with Crippen LogP contribution >= 0.6 is 0 Å². The van der Waals surface area contributed by atoms with Gasteiger partial charge < -0.3 is 9.47 Å². The molecule has 1 aliphatic heterocycles. The van der Waals surface area contributed by atoms with Crippen LogP contribution in [0.2, 0.25) is 0 Å². The zero-order valence-corrected chi connectivity index (χ0v) is 14.7. The summed E-state index contributed by atoms with van der Waals surface area (Å²) in [7, 11) is 4.76. The number of amides is 2. The molecule has 3 aromatic rings. The van der Waals surface area contributed by atoms with Gasteiger partial charge in [-0.15, -0.1) is 0 Å². The Labute approximate surface area is 148 Å². The zero-order chi connectivity index (χ0) is 18.6. The third-order valence-corrected chi connectivity index (χ3v) is 4.51. The molecule has 0 saturated carbocycles. The first kappa shape index (κ1) is 16.1. The van der Waals surface area contributed by atoms with E-state index in [9.17, 15) is 9.59 Å². The van der Waals surface area contributed by atoms with Gasteiger partial charge in [-0.3, -0.25) is 14.3 Å². The van der Waals surface area contributed by atoms with Crippen molar-refractivity contribution in [2.24, 2.45) is 7.05 Å². The lowest BCUT2D eigenvalue weighted by Crippen LogP contribution is -2.29. The molecule has 0 atom stereocenters. The van der Waals surface area contributed by atoms with Crippen molar-refractivity contribution in [2.75, 3.05) is 19.1 Å². The first-order valence-electron chi connectivity index (χ1n) is 7.91. The fourth-order valence-corrected chi connectivity index (χ4v) is 3.31. The second kappa shape index (κ2) is 5.55. The maximum atomic E-state index is 13.2. The number of aromatic nitrogens is 3. The number of ether oxygens (including phenoxy) is 2. The summed E-state index contributed by atoms with van der Waals surface area (Å²) in [5, 5.41) is 4.91.